The van der Waals surface area contributed by atoms with Crippen LogP contribution in [-0.4, -0.2) is 37.5 Å². The molecule has 0 aliphatic carbocycles. The first-order chi connectivity index (χ1) is 15.4. The van der Waals surface area contributed by atoms with E-state index in [4.69, 9.17) is 16.3 Å². The van der Waals surface area contributed by atoms with Gasteiger partial charge in [-0.1, -0.05) is 23.7 Å². The van der Waals surface area contributed by atoms with Crippen LogP contribution in [0.5, 0.6) is 5.75 Å². The van der Waals surface area contributed by atoms with Gasteiger partial charge in [0.05, 0.1) is 12.0 Å². The largest absolute Gasteiger partial charge is 0.497 e. The van der Waals surface area contributed by atoms with Crippen LogP contribution in [0.25, 0.3) is 11.1 Å². The molecule has 3 aromatic rings. The van der Waals surface area contributed by atoms with Gasteiger partial charge in [0.15, 0.2) is 0 Å². The van der Waals surface area contributed by atoms with E-state index in [0.717, 1.165) is 17.7 Å². The van der Waals surface area contributed by atoms with Crippen molar-refractivity contribution in [1.82, 2.24) is 8.87 Å². The van der Waals surface area contributed by atoms with E-state index in [1.54, 1.807) is 47.8 Å². The Hall–Kier alpha value is -2.61. The standard InChI is InChI=1S/C24H23ClN2O4S/c1-31-20-6-8-21(9-7-20)32(29,30)26-13-16-12-18(15-26)23-11-10-22(24(28)27(23)14-16)17-2-4-19(25)5-3-17/h2-11,16,18H,12-15H2,1H3. The van der Waals surface area contributed by atoms with Crippen LogP contribution in [0.4, 0.5) is 0 Å². The first-order valence-corrected chi connectivity index (χ1v) is 12.3. The Bertz CT molecular complexity index is 1320. The fourth-order valence-corrected chi connectivity index (χ4v) is 6.53. The molecule has 3 heterocycles. The number of halogens is 1. The molecule has 166 valence electrons. The zero-order valence-electron chi connectivity index (χ0n) is 17.6. The van der Waals surface area contributed by atoms with Crippen LogP contribution in [-0.2, 0) is 16.6 Å². The summed E-state index contributed by atoms with van der Waals surface area (Å²) in [5.74, 6) is 0.694. The second kappa shape index (κ2) is 8.06. The molecule has 2 aromatic carbocycles. The molecule has 0 saturated carbocycles. The van der Waals surface area contributed by atoms with E-state index in [9.17, 15) is 13.2 Å². The Kier molecular flexibility index (Phi) is 5.35. The number of hydrogen-bond donors (Lipinski definition) is 0. The van der Waals surface area contributed by atoms with Gasteiger partial charge in [0.1, 0.15) is 5.75 Å². The quantitative estimate of drug-likeness (QED) is 0.578. The summed E-state index contributed by atoms with van der Waals surface area (Å²) in [4.78, 5) is 13.5. The molecule has 2 aliphatic heterocycles. The number of sulfonamides is 1. The Labute approximate surface area is 192 Å². The van der Waals surface area contributed by atoms with Crippen molar-refractivity contribution in [2.24, 2.45) is 5.92 Å². The normalized spacial score (nSPS) is 20.6. The van der Waals surface area contributed by atoms with E-state index in [2.05, 4.69) is 0 Å². The number of hydrogen-bond acceptors (Lipinski definition) is 4. The summed E-state index contributed by atoms with van der Waals surface area (Å²) in [6.07, 6.45) is 0.883. The van der Waals surface area contributed by atoms with Crippen LogP contribution in [0.1, 0.15) is 18.0 Å². The van der Waals surface area contributed by atoms with Crippen LogP contribution in [0.15, 0.2) is 70.4 Å². The lowest BCUT2D eigenvalue weighted by Crippen LogP contribution is -2.49. The zero-order valence-corrected chi connectivity index (χ0v) is 19.1. The molecule has 1 saturated heterocycles. The molecule has 2 bridgehead atoms. The lowest BCUT2D eigenvalue weighted by Gasteiger charge is -2.42. The summed E-state index contributed by atoms with van der Waals surface area (Å²) < 4.78 is 35.1. The highest BCUT2D eigenvalue weighted by Crippen LogP contribution is 2.38. The van der Waals surface area contributed by atoms with Gasteiger partial charge in [-0.05, 0) is 66.4 Å². The SMILES string of the molecule is COc1ccc(S(=O)(=O)N2CC3CC(C2)c2ccc(-c4ccc(Cl)cc4)c(=O)n2C3)cc1. The van der Waals surface area contributed by atoms with Gasteiger partial charge in [-0.2, -0.15) is 4.31 Å². The predicted molar refractivity (Wildman–Crippen MR) is 124 cm³/mol. The Morgan fingerprint density at radius 3 is 2.34 bits per heavy atom. The molecule has 6 nitrogen and oxygen atoms in total. The molecule has 1 fully saturated rings. The van der Waals surface area contributed by atoms with Gasteiger partial charge < -0.3 is 9.30 Å². The van der Waals surface area contributed by atoms with Crippen LogP contribution < -0.4 is 10.3 Å². The number of pyridine rings is 1. The van der Waals surface area contributed by atoms with Crippen molar-refractivity contribution in [3.8, 4) is 16.9 Å². The van der Waals surface area contributed by atoms with Crippen molar-refractivity contribution in [3.63, 3.8) is 0 Å². The van der Waals surface area contributed by atoms with E-state index in [0.29, 0.717) is 36.0 Å². The summed E-state index contributed by atoms with van der Waals surface area (Å²) >= 11 is 5.99. The molecular weight excluding hydrogens is 448 g/mol. The maximum absolute atomic E-state index is 13.3. The molecule has 2 aliphatic rings. The van der Waals surface area contributed by atoms with E-state index >= 15 is 0 Å². The molecule has 0 spiro atoms. The monoisotopic (exact) mass is 470 g/mol. The third-order valence-corrected chi connectivity index (χ3v) is 8.52. The van der Waals surface area contributed by atoms with Crippen LogP contribution in [0, 0.1) is 5.92 Å². The summed E-state index contributed by atoms with van der Waals surface area (Å²) in [7, 11) is -2.07. The smallest absolute Gasteiger partial charge is 0.258 e. The van der Waals surface area contributed by atoms with Crippen molar-refractivity contribution in [2.75, 3.05) is 20.2 Å². The first kappa shape index (κ1) is 21.2. The molecule has 0 radical (unpaired) electrons. The highest BCUT2D eigenvalue weighted by Gasteiger charge is 2.39. The third-order valence-electron chi connectivity index (χ3n) is 6.42. The Balaban J connectivity index is 1.46. The topological polar surface area (TPSA) is 68.6 Å². The second-order valence-corrected chi connectivity index (χ2v) is 10.8. The Morgan fingerprint density at radius 1 is 0.938 bits per heavy atom. The number of fused-ring (bicyclic) bond motifs is 4. The minimum atomic E-state index is -3.62. The van der Waals surface area contributed by atoms with Crippen molar-refractivity contribution in [2.45, 2.75) is 23.8 Å². The maximum Gasteiger partial charge on any atom is 0.258 e. The Morgan fingerprint density at radius 2 is 1.66 bits per heavy atom. The molecule has 2 unspecified atom stereocenters. The number of nitrogens with zero attached hydrogens (tertiary/aromatic N) is 2. The summed E-state index contributed by atoms with van der Waals surface area (Å²) in [6.45, 7) is 1.28. The number of ether oxygens (including phenoxy) is 1. The number of benzene rings is 2. The van der Waals surface area contributed by atoms with E-state index in [-0.39, 0.29) is 22.3 Å². The number of methoxy groups -OCH3 is 1. The van der Waals surface area contributed by atoms with Crippen LogP contribution in [0.2, 0.25) is 5.02 Å². The van der Waals surface area contributed by atoms with Gasteiger partial charge in [0, 0.05) is 41.8 Å². The highest BCUT2D eigenvalue weighted by molar-refractivity contribution is 7.89. The highest BCUT2D eigenvalue weighted by atomic mass is 35.5. The van der Waals surface area contributed by atoms with Gasteiger partial charge in [0.2, 0.25) is 10.0 Å². The zero-order chi connectivity index (χ0) is 22.5. The minimum absolute atomic E-state index is 0.0116. The molecular formula is C24H23ClN2O4S. The number of aromatic nitrogens is 1. The molecule has 32 heavy (non-hydrogen) atoms. The number of rotatable bonds is 4. The second-order valence-electron chi connectivity index (χ2n) is 8.39. The van der Waals surface area contributed by atoms with Crippen molar-refractivity contribution in [1.29, 1.82) is 0 Å². The molecule has 8 heteroatoms. The maximum atomic E-state index is 13.3. The third kappa shape index (κ3) is 3.64. The van der Waals surface area contributed by atoms with E-state index in [1.165, 1.54) is 0 Å². The molecule has 0 amide bonds. The predicted octanol–water partition coefficient (Wildman–Crippen LogP) is 3.99. The van der Waals surface area contributed by atoms with Gasteiger partial charge in [-0.25, -0.2) is 8.42 Å². The first-order valence-electron chi connectivity index (χ1n) is 10.5. The summed E-state index contributed by atoms with van der Waals surface area (Å²) in [5, 5.41) is 0.625. The van der Waals surface area contributed by atoms with Crippen molar-refractivity contribution in [3.05, 3.63) is 81.7 Å². The van der Waals surface area contributed by atoms with Crippen LogP contribution in [0.3, 0.4) is 0 Å². The molecule has 0 N–H and O–H groups in total. The molecule has 1 aromatic heterocycles. The number of piperidine rings is 1. The molecule has 5 rings (SSSR count). The van der Waals surface area contributed by atoms with E-state index in [1.807, 2.05) is 28.8 Å². The van der Waals surface area contributed by atoms with Crippen molar-refractivity contribution >= 4 is 21.6 Å². The fraction of sp³-hybridized carbons (Fsp3) is 0.292. The lowest BCUT2D eigenvalue weighted by atomic mass is 9.84. The fourth-order valence-electron chi connectivity index (χ4n) is 4.84. The van der Waals surface area contributed by atoms with Gasteiger partial charge in [-0.3, -0.25) is 4.79 Å². The van der Waals surface area contributed by atoms with Crippen molar-refractivity contribution < 1.29 is 13.2 Å². The van der Waals surface area contributed by atoms with Gasteiger partial charge >= 0.3 is 0 Å². The average Bonchev–Trinajstić information content (AvgIpc) is 2.80. The summed E-state index contributed by atoms with van der Waals surface area (Å²) in [5.41, 5.74) is 2.33. The van der Waals surface area contributed by atoms with E-state index < -0.39 is 10.0 Å². The van der Waals surface area contributed by atoms with Crippen LogP contribution >= 0.6 is 11.6 Å². The summed E-state index contributed by atoms with van der Waals surface area (Å²) in [6, 6.07) is 17.5. The molecule has 2 atom stereocenters. The van der Waals surface area contributed by atoms with Gasteiger partial charge in [-0.15, -0.1) is 0 Å². The van der Waals surface area contributed by atoms with Gasteiger partial charge in [0.25, 0.3) is 5.56 Å². The minimum Gasteiger partial charge on any atom is -0.497 e. The average molecular weight is 471 g/mol. The lowest BCUT2D eigenvalue weighted by molar-refractivity contribution is 0.186.